The molecule has 4 rings (SSSR count). The Hall–Kier alpha value is -2.69. The lowest BCUT2D eigenvalue weighted by Gasteiger charge is -2.15. The van der Waals surface area contributed by atoms with E-state index in [0.717, 1.165) is 40.8 Å². The summed E-state index contributed by atoms with van der Waals surface area (Å²) in [6, 6.07) is 11.9. The first-order chi connectivity index (χ1) is 12.0. The van der Waals surface area contributed by atoms with Gasteiger partial charge in [0.15, 0.2) is 5.65 Å². The van der Waals surface area contributed by atoms with Gasteiger partial charge in [0.1, 0.15) is 0 Å². The maximum atomic E-state index is 13.0. The van der Waals surface area contributed by atoms with Crippen molar-refractivity contribution in [1.29, 1.82) is 0 Å². The van der Waals surface area contributed by atoms with Crippen molar-refractivity contribution < 1.29 is 4.79 Å². The van der Waals surface area contributed by atoms with Gasteiger partial charge in [0.05, 0.1) is 22.7 Å². The van der Waals surface area contributed by atoms with E-state index in [1.54, 1.807) is 4.68 Å². The summed E-state index contributed by atoms with van der Waals surface area (Å²) in [4.78, 5) is 17.8. The van der Waals surface area contributed by atoms with Crippen molar-refractivity contribution >= 4 is 16.9 Å². The van der Waals surface area contributed by atoms with E-state index in [4.69, 9.17) is 4.98 Å². The highest BCUT2D eigenvalue weighted by atomic mass is 16.1. The molecular formula is C20H22N4O. The van der Waals surface area contributed by atoms with Crippen molar-refractivity contribution in [1.82, 2.24) is 20.1 Å². The lowest BCUT2D eigenvalue weighted by molar-refractivity contribution is 0.0941. The third-order valence-corrected chi connectivity index (χ3v) is 4.88. The Morgan fingerprint density at radius 2 is 2.00 bits per heavy atom. The topological polar surface area (TPSA) is 59.8 Å². The molecule has 1 atom stereocenters. The Kier molecular flexibility index (Phi) is 3.79. The van der Waals surface area contributed by atoms with E-state index in [1.807, 2.05) is 57.3 Å². The van der Waals surface area contributed by atoms with Gasteiger partial charge in [-0.3, -0.25) is 9.48 Å². The van der Waals surface area contributed by atoms with Crippen LogP contribution in [0.1, 0.15) is 59.0 Å². The minimum atomic E-state index is -0.0678. The maximum Gasteiger partial charge on any atom is 0.252 e. The maximum absolute atomic E-state index is 13.0. The molecule has 2 heterocycles. The Morgan fingerprint density at radius 3 is 2.68 bits per heavy atom. The number of amides is 1. The summed E-state index contributed by atoms with van der Waals surface area (Å²) in [5.74, 6) is 0.416. The highest BCUT2D eigenvalue weighted by Gasteiger charge is 2.28. The number of benzene rings is 1. The molecule has 1 unspecified atom stereocenters. The second-order valence-corrected chi connectivity index (χ2v) is 6.88. The summed E-state index contributed by atoms with van der Waals surface area (Å²) in [7, 11) is 1.88. The summed E-state index contributed by atoms with van der Waals surface area (Å²) < 4.78 is 1.77. The molecule has 1 saturated carbocycles. The highest BCUT2D eigenvalue weighted by Crippen LogP contribution is 2.40. The second-order valence-electron chi connectivity index (χ2n) is 6.88. The molecule has 1 amide bonds. The van der Waals surface area contributed by atoms with Crippen LogP contribution in [0.3, 0.4) is 0 Å². The van der Waals surface area contributed by atoms with E-state index >= 15 is 0 Å². The molecule has 25 heavy (non-hydrogen) atoms. The van der Waals surface area contributed by atoms with Gasteiger partial charge in [-0.2, -0.15) is 5.10 Å². The Labute approximate surface area is 147 Å². The largest absolute Gasteiger partial charge is 0.345 e. The standard InChI is InChI=1S/C20H22N4O/c1-12(14-7-5-4-6-8-14)21-20(25)16-11-17(15-9-10-15)22-19-18(16)13(2)23-24(19)3/h4-8,11-12,15H,9-10H2,1-3H3,(H,21,25). The third-order valence-electron chi connectivity index (χ3n) is 4.88. The zero-order valence-corrected chi connectivity index (χ0v) is 14.8. The van der Waals surface area contributed by atoms with Gasteiger partial charge < -0.3 is 5.32 Å². The number of aryl methyl sites for hydroxylation is 2. The first-order valence-corrected chi connectivity index (χ1v) is 8.74. The lowest BCUT2D eigenvalue weighted by Crippen LogP contribution is -2.27. The molecular weight excluding hydrogens is 312 g/mol. The van der Waals surface area contributed by atoms with Crippen LogP contribution in [0.4, 0.5) is 0 Å². The number of nitrogens with zero attached hydrogens (tertiary/aromatic N) is 3. The molecule has 1 aliphatic rings. The molecule has 3 aromatic rings. The molecule has 2 aromatic heterocycles. The molecule has 1 aliphatic carbocycles. The fourth-order valence-corrected chi connectivity index (χ4v) is 3.33. The molecule has 0 radical (unpaired) electrons. The van der Waals surface area contributed by atoms with Crippen molar-refractivity contribution in [3.8, 4) is 0 Å². The van der Waals surface area contributed by atoms with Gasteiger partial charge in [-0.25, -0.2) is 4.98 Å². The van der Waals surface area contributed by atoms with E-state index < -0.39 is 0 Å². The number of aromatic nitrogens is 3. The number of carbonyl (C=O) groups is 1. The molecule has 0 spiro atoms. The number of rotatable bonds is 4. The number of hydrogen-bond acceptors (Lipinski definition) is 3. The van der Waals surface area contributed by atoms with Crippen LogP contribution in [-0.4, -0.2) is 20.7 Å². The first-order valence-electron chi connectivity index (χ1n) is 8.74. The second kappa shape index (κ2) is 5.99. The van der Waals surface area contributed by atoms with Crippen LogP contribution in [0.15, 0.2) is 36.4 Å². The van der Waals surface area contributed by atoms with Crippen LogP contribution in [0.5, 0.6) is 0 Å². The predicted molar refractivity (Wildman–Crippen MR) is 97.5 cm³/mol. The number of nitrogens with one attached hydrogen (secondary N) is 1. The van der Waals surface area contributed by atoms with Crippen molar-refractivity contribution in [3.63, 3.8) is 0 Å². The fourth-order valence-electron chi connectivity index (χ4n) is 3.33. The van der Waals surface area contributed by atoms with Crippen LogP contribution in [-0.2, 0) is 7.05 Å². The van der Waals surface area contributed by atoms with Crippen molar-refractivity contribution in [2.24, 2.45) is 7.05 Å². The average Bonchev–Trinajstić information content (AvgIpc) is 3.42. The average molecular weight is 334 g/mol. The fraction of sp³-hybridized carbons (Fsp3) is 0.350. The zero-order valence-electron chi connectivity index (χ0n) is 14.8. The van der Waals surface area contributed by atoms with E-state index in [0.29, 0.717) is 11.5 Å². The van der Waals surface area contributed by atoms with Gasteiger partial charge in [-0.05, 0) is 38.3 Å². The molecule has 1 N–H and O–H groups in total. The molecule has 0 aliphatic heterocycles. The normalized spacial score (nSPS) is 15.3. The molecule has 0 bridgehead atoms. The Balaban J connectivity index is 1.73. The van der Waals surface area contributed by atoms with E-state index in [1.165, 1.54) is 0 Å². The molecule has 5 heteroatoms. The van der Waals surface area contributed by atoms with E-state index in [-0.39, 0.29) is 11.9 Å². The van der Waals surface area contributed by atoms with Crippen molar-refractivity contribution in [3.05, 3.63) is 58.9 Å². The van der Waals surface area contributed by atoms with Crippen LogP contribution >= 0.6 is 0 Å². The molecule has 1 aromatic carbocycles. The number of pyridine rings is 1. The van der Waals surface area contributed by atoms with Gasteiger partial charge in [-0.1, -0.05) is 30.3 Å². The van der Waals surface area contributed by atoms with E-state index in [9.17, 15) is 4.79 Å². The monoisotopic (exact) mass is 334 g/mol. The summed E-state index contributed by atoms with van der Waals surface area (Å²) in [5, 5.41) is 8.44. The zero-order chi connectivity index (χ0) is 17.6. The van der Waals surface area contributed by atoms with Crippen LogP contribution < -0.4 is 5.32 Å². The van der Waals surface area contributed by atoms with Crippen molar-refractivity contribution in [2.75, 3.05) is 0 Å². The summed E-state index contributed by atoms with van der Waals surface area (Å²) in [6.07, 6.45) is 2.30. The summed E-state index contributed by atoms with van der Waals surface area (Å²) in [6.45, 7) is 3.93. The first kappa shape index (κ1) is 15.8. The van der Waals surface area contributed by atoms with Gasteiger partial charge in [-0.15, -0.1) is 0 Å². The summed E-state index contributed by atoms with van der Waals surface area (Å²) in [5.41, 5.74) is 4.41. The van der Waals surface area contributed by atoms with Gasteiger partial charge in [0.25, 0.3) is 5.91 Å². The summed E-state index contributed by atoms with van der Waals surface area (Å²) >= 11 is 0. The third kappa shape index (κ3) is 2.90. The highest BCUT2D eigenvalue weighted by molar-refractivity contribution is 6.06. The van der Waals surface area contributed by atoms with E-state index in [2.05, 4.69) is 10.4 Å². The number of hydrogen-bond donors (Lipinski definition) is 1. The SMILES string of the molecule is Cc1nn(C)c2nc(C3CC3)cc(C(=O)NC(C)c3ccccc3)c12. The van der Waals surface area contributed by atoms with Crippen LogP contribution in [0, 0.1) is 6.92 Å². The number of carbonyl (C=O) groups excluding carboxylic acids is 1. The minimum Gasteiger partial charge on any atom is -0.345 e. The quantitative estimate of drug-likeness (QED) is 0.792. The molecule has 0 saturated heterocycles. The van der Waals surface area contributed by atoms with Gasteiger partial charge in [0.2, 0.25) is 0 Å². The lowest BCUT2D eigenvalue weighted by atomic mass is 10.0. The molecule has 1 fully saturated rings. The molecule has 128 valence electrons. The Morgan fingerprint density at radius 1 is 1.28 bits per heavy atom. The smallest absolute Gasteiger partial charge is 0.252 e. The number of fused-ring (bicyclic) bond motifs is 1. The Bertz CT molecular complexity index is 941. The minimum absolute atomic E-state index is 0.0572. The van der Waals surface area contributed by atoms with Crippen LogP contribution in [0.25, 0.3) is 11.0 Å². The van der Waals surface area contributed by atoms with Gasteiger partial charge >= 0.3 is 0 Å². The predicted octanol–water partition coefficient (Wildman–Crippen LogP) is 3.65. The molecule has 5 nitrogen and oxygen atoms in total. The van der Waals surface area contributed by atoms with Gasteiger partial charge in [0, 0.05) is 18.7 Å². The van der Waals surface area contributed by atoms with Crippen LogP contribution in [0.2, 0.25) is 0 Å². The van der Waals surface area contributed by atoms with Crippen molar-refractivity contribution in [2.45, 2.75) is 38.6 Å².